The number of aromatic nitrogens is 1. The van der Waals surface area contributed by atoms with Crippen molar-refractivity contribution < 1.29 is 14.3 Å². The molecule has 4 rings (SSSR count). The van der Waals surface area contributed by atoms with Gasteiger partial charge in [0.1, 0.15) is 5.82 Å². The molecule has 1 aromatic heterocycles. The zero-order chi connectivity index (χ0) is 18.9. The third-order valence-electron chi connectivity index (χ3n) is 5.08. The van der Waals surface area contributed by atoms with Crippen molar-refractivity contribution in [3.63, 3.8) is 0 Å². The van der Waals surface area contributed by atoms with E-state index in [1.165, 1.54) is 0 Å². The molecule has 6 nitrogen and oxygen atoms in total. The maximum atomic E-state index is 12.7. The first-order valence-corrected chi connectivity index (χ1v) is 9.49. The van der Waals surface area contributed by atoms with Crippen LogP contribution in [-0.4, -0.2) is 47.9 Å². The molecule has 27 heavy (non-hydrogen) atoms. The van der Waals surface area contributed by atoms with Crippen LogP contribution < -0.4 is 5.32 Å². The van der Waals surface area contributed by atoms with E-state index in [1.54, 1.807) is 18.3 Å². The third kappa shape index (κ3) is 3.93. The van der Waals surface area contributed by atoms with Crippen molar-refractivity contribution in [3.8, 4) is 0 Å². The van der Waals surface area contributed by atoms with E-state index in [0.717, 1.165) is 11.3 Å². The summed E-state index contributed by atoms with van der Waals surface area (Å²) in [6.45, 7) is 4.48. The quantitative estimate of drug-likeness (QED) is 0.868. The molecule has 2 aromatic rings. The minimum atomic E-state index is -0.474. The smallest absolute Gasteiger partial charge is 0.255 e. The predicted octanol–water partition coefficient (Wildman–Crippen LogP) is 3.77. The van der Waals surface area contributed by atoms with Crippen LogP contribution in [-0.2, 0) is 9.47 Å². The molecule has 0 bridgehead atoms. The standard InChI is InChI=1S/C20H22ClN3O3/c1-14-2-4-16(12-17(14)21)23-18-5-3-15(13-22-18)19(25)24-8-6-20(7-9-24)26-10-11-27-20/h2-5,12-13H,6-11H2,1H3,(H,22,23). The van der Waals surface area contributed by atoms with Gasteiger partial charge >= 0.3 is 0 Å². The van der Waals surface area contributed by atoms with E-state index < -0.39 is 5.79 Å². The molecule has 142 valence electrons. The van der Waals surface area contributed by atoms with E-state index in [-0.39, 0.29) is 5.91 Å². The number of hydrogen-bond acceptors (Lipinski definition) is 5. The number of pyridine rings is 1. The van der Waals surface area contributed by atoms with Gasteiger partial charge in [0.25, 0.3) is 5.91 Å². The molecule has 0 atom stereocenters. The maximum Gasteiger partial charge on any atom is 0.255 e. The Kier molecular flexibility index (Phi) is 5.04. The highest BCUT2D eigenvalue weighted by Gasteiger charge is 2.40. The number of anilines is 2. The maximum absolute atomic E-state index is 12.7. The Hall–Kier alpha value is -2.15. The van der Waals surface area contributed by atoms with Crippen molar-refractivity contribution >= 4 is 29.0 Å². The summed E-state index contributed by atoms with van der Waals surface area (Å²) in [4.78, 5) is 18.9. The third-order valence-corrected chi connectivity index (χ3v) is 5.49. The van der Waals surface area contributed by atoms with Crippen LogP contribution in [0.5, 0.6) is 0 Å². The van der Waals surface area contributed by atoms with E-state index in [0.29, 0.717) is 55.5 Å². The van der Waals surface area contributed by atoms with E-state index in [2.05, 4.69) is 10.3 Å². The van der Waals surface area contributed by atoms with Crippen molar-refractivity contribution in [2.24, 2.45) is 0 Å². The summed E-state index contributed by atoms with van der Waals surface area (Å²) in [5, 5.41) is 3.90. The number of nitrogens with zero attached hydrogens (tertiary/aromatic N) is 2. The van der Waals surface area contributed by atoms with Crippen molar-refractivity contribution in [3.05, 3.63) is 52.7 Å². The van der Waals surface area contributed by atoms with E-state index in [9.17, 15) is 4.79 Å². The topological polar surface area (TPSA) is 63.7 Å². The van der Waals surface area contributed by atoms with Crippen molar-refractivity contribution in [1.82, 2.24) is 9.88 Å². The largest absolute Gasteiger partial charge is 0.347 e. The SMILES string of the molecule is Cc1ccc(Nc2ccc(C(=O)N3CCC4(CC3)OCCO4)cn2)cc1Cl. The van der Waals surface area contributed by atoms with Crippen LogP contribution in [0, 0.1) is 6.92 Å². The molecule has 3 heterocycles. The first kappa shape index (κ1) is 18.2. The van der Waals surface area contributed by atoms with E-state index in [1.807, 2.05) is 30.0 Å². The average Bonchev–Trinajstić information content (AvgIpc) is 3.13. The second kappa shape index (κ2) is 7.46. The lowest BCUT2D eigenvalue weighted by molar-refractivity contribution is -0.181. The van der Waals surface area contributed by atoms with Gasteiger partial charge in [0, 0.05) is 42.8 Å². The molecule has 2 aliphatic heterocycles. The molecule has 0 saturated carbocycles. The van der Waals surface area contributed by atoms with Crippen LogP contribution in [0.15, 0.2) is 36.5 Å². The summed E-state index contributed by atoms with van der Waals surface area (Å²) in [6, 6.07) is 9.34. The summed E-state index contributed by atoms with van der Waals surface area (Å²) in [6.07, 6.45) is 3.02. The van der Waals surface area contributed by atoms with Crippen LogP contribution in [0.4, 0.5) is 11.5 Å². The Morgan fingerprint density at radius 1 is 1.19 bits per heavy atom. The molecule has 2 aliphatic rings. The number of piperidine rings is 1. The van der Waals surface area contributed by atoms with E-state index >= 15 is 0 Å². The zero-order valence-corrected chi connectivity index (χ0v) is 16.0. The number of amides is 1. The van der Waals surface area contributed by atoms with Gasteiger partial charge in [-0.2, -0.15) is 0 Å². The summed E-state index contributed by atoms with van der Waals surface area (Å²) < 4.78 is 11.4. The monoisotopic (exact) mass is 387 g/mol. The number of benzene rings is 1. The molecule has 0 radical (unpaired) electrons. The normalized spacial score (nSPS) is 18.7. The number of rotatable bonds is 3. The number of aryl methyl sites for hydroxylation is 1. The highest BCUT2D eigenvalue weighted by molar-refractivity contribution is 6.31. The van der Waals surface area contributed by atoms with Gasteiger partial charge in [0.15, 0.2) is 5.79 Å². The Morgan fingerprint density at radius 3 is 2.56 bits per heavy atom. The van der Waals surface area contributed by atoms with Gasteiger partial charge in [0.2, 0.25) is 0 Å². The number of nitrogens with one attached hydrogen (secondary N) is 1. The molecule has 0 unspecified atom stereocenters. The Balaban J connectivity index is 1.38. The van der Waals surface area contributed by atoms with E-state index in [4.69, 9.17) is 21.1 Å². The van der Waals surface area contributed by atoms with Crippen LogP contribution >= 0.6 is 11.6 Å². The van der Waals surface area contributed by atoms with Crippen LogP contribution in [0.2, 0.25) is 5.02 Å². The fraction of sp³-hybridized carbons (Fsp3) is 0.400. The molecule has 1 N–H and O–H groups in total. The Labute approximate surface area is 163 Å². The number of ether oxygens (including phenoxy) is 2. The van der Waals surface area contributed by atoms with Gasteiger partial charge in [-0.1, -0.05) is 17.7 Å². The molecule has 1 amide bonds. The lowest BCUT2D eigenvalue weighted by Crippen LogP contribution is -2.47. The van der Waals surface area contributed by atoms with Gasteiger partial charge in [-0.15, -0.1) is 0 Å². The minimum absolute atomic E-state index is 0.0136. The number of carbonyl (C=O) groups is 1. The lowest BCUT2D eigenvalue weighted by Gasteiger charge is -2.37. The second-order valence-electron chi connectivity index (χ2n) is 6.92. The molecule has 0 aliphatic carbocycles. The molecule has 2 saturated heterocycles. The zero-order valence-electron chi connectivity index (χ0n) is 15.2. The van der Waals surface area contributed by atoms with Crippen molar-refractivity contribution in [2.75, 3.05) is 31.6 Å². The average molecular weight is 388 g/mol. The summed E-state index contributed by atoms with van der Waals surface area (Å²) in [5.41, 5.74) is 2.45. The number of halogens is 1. The highest BCUT2D eigenvalue weighted by atomic mass is 35.5. The molecule has 2 fully saturated rings. The minimum Gasteiger partial charge on any atom is -0.347 e. The summed E-state index contributed by atoms with van der Waals surface area (Å²) in [7, 11) is 0. The fourth-order valence-corrected chi connectivity index (χ4v) is 3.61. The molecular weight excluding hydrogens is 366 g/mol. The Morgan fingerprint density at radius 2 is 1.93 bits per heavy atom. The highest BCUT2D eigenvalue weighted by Crippen LogP contribution is 2.31. The van der Waals surface area contributed by atoms with Gasteiger partial charge in [0.05, 0.1) is 18.8 Å². The first-order chi connectivity index (χ1) is 13.0. The van der Waals surface area contributed by atoms with Crippen molar-refractivity contribution in [1.29, 1.82) is 0 Å². The summed E-state index contributed by atoms with van der Waals surface area (Å²) >= 11 is 6.15. The first-order valence-electron chi connectivity index (χ1n) is 9.11. The van der Waals surface area contributed by atoms with Crippen molar-refractivity contribution in [2.45, 2.75) is 25.6 Å². The van der Waals surface area contributed by atoms with Gasteiger partial charge in [-0.3, -0.25) is 4.79 Å². The number of likely N-dealkylation sites (tertiary alicyclic amines) is 1. The lowest BCUT2D eigenvalue weighted by atomic mass is 10.0. The molecule has 1 aromatic carbocycles. The summed E-state index contributed by atoms with van der Waals surface area (Å²) in [5.74, 6) is 0.176. The molecule has 1 spiro atoms. The van der Waals surface area contributed by atoms with Gasteiger partial charge in [-0.05, 0) is 36.8 Å². The molecular formula is C20H22ClN3O3. The predicted molar refractivity (Wildman–Crippen MR) is 103 cm³/mol. The van der Waals surface area contributed by atoms with Crippen LogP contribution in [0.25, 0.3) is 0 Å². The number of carbonyl (C=O) groups excluding carboxylic acids is 1. The molecule has 7 heteroatoms. The second-order valence-corrected chi connectivity index (χ2v) is 7.33. The van der Waals surface area contributed by atoms with Gasteiger partial charge in [-0.25, -0.2) is 4.98 Å². The van der Waals surface area contributed by atoms with Gasteiger partial charge < -0.3 is 19.7 Å². The Bertz CT molecular complexity index is 825. The fourth-order valence-electron chi connectivity index (χ4n) is 3.43. The van der Waals surface area contributed by atoms with Crippen LogP contribution in [0.1, 0.15) is 28.8 Å². The van der Waals surface area contributed by atoms with Crippen LogP contribution in [0.3, 0.4) is 0 Å². The number of hydrogen-bond donors (Lipinski definition) is 1.